The molecule has 29 heavy (non-hydrogen) atoms. The summed E-state index contributed by atoms with van der Waals surface area (Å²) in [6.07, 6.45) is 11.4. The Hall–Kier alpha value is -1.05. The molecule has 0 aliphatic carbocycles. The molecule has 2 aromatic rings. The van der Waals surface area contributed by atoms with E-state index in [0.29, 0.717) is 5.75 Å². The molecule has 0 aliphatic rings. The molecule has 5 nitrogen and oxygen atoms in total. The Kier molecular flexibility index (Phi) is 11.9. The normalized spacial score (nSPS) is 11.1. The van der Waals surface area contributed by atoms with Gasteiger partial charge in [-0.3, -0.25) is 4.55 Å². The van der Waals surface area contributed by atoms with Gasteiger partial charge >= 0.3 is 29.6 Å². The molecule has 0 aliphatic heterocycles. The summed E-state index contributed by atoms with van der Waals surface area (Å²) in [6, 6.07) is 11.1. The average molecular weight is 429 g/mol. The van der Waals surface area contributed by atoms with Crippen LogP contribution in [0.5, 0.6) is 17.2 Å². The third kappa shape index (κ3) is 9.53. The molecular weight excluding hydrogens is 399 g/mol. The van der Waals surface area contributed by atoms with Crippen molar-refractivity contribution in [3.8, 4) is 17.2 Å². The van der Waals surface area contributed by atoms with Crippen molar-refractivity contribution >= 4 is 10.1 Å². The van der Waals surface area contributed by atoms with E-state index >= 15 is 0 Å². The van der Waals surface area contributed by atoms with Crippen molar-refractivity contribution < 1.29 is 52.4 Å². The Morgan fingerprint density at radius 1 is 0.862 bits per heavy atom. The molecule has 1 N–H and O–H groups in total. The quantitative estimate of drug-likeness (QED) is 0.319. The second kappa shape index (κ2) is 13.3. The molecule has 0 aromatic heterocycles. The SMILES string of the molecule is CCCCCCCCCCc1ccc(Oc2ccc(S(=O)(=O)O)c([O-])c2)cc1.[Na+]. The Labute approximate surface area is 196 Å². The molecule has 0 saturated heterocycles. The minimum Gasteiger partial charge on any atom is -0.871 e. The fourth-order valence-corrected chi connectivity index (χ4v) is 3.64. The molecule has 0 amide bonds. The van der Waals surface area contributed by atoms with Crippen LogP contribution in [0.4, 0.5) is 0 Å². The van der Waals surface area contributed by atoms with E-state index in [-0.39, 0.29) is 35.3 Å². The molecule has 0 bridgehead atoms. The van der Waals surface area contributed by atoms with Gasteiger partial charge in [-0.15, -0.1) is 0 Å². The third-order valence-electron chi connectivity index (χ3n) is 4.67. The van der Waals surface area contributed by atoms with Crippen molar-refractivity contribution in [2.75, 3.05) is 0 Å². The molecule has 0 heterocycles. The second-order valence-corrected chi connectivity index (χ2v) is 8.44. The zero-order valence-electron chi connectivity index (χ0n) is 17.4. The van der Waals surface area contributed by atoms with Gasteiger partial charge in [0, 0.05) is 0 Å². The van der Waals surface area contributed by atoms with Crippen LogP contribution in [0.2, 0.25) is 0 Å². The number of rotatable bonds is 12. The van der Waals surface area contributed by atoms with Crippen LogP contribution < -0.4 is 39.4 Å². The first kappa shape index (κ1) is 26.0. The maximum absolute atomic E-state index is 11.8. The van der Waals surface area contributed by atoms with E-state index in [1.54, 1.807) is 0 Å². The first-order chi connectivity index (χ1) is 13.4. The van der Waals surface area contributed by atoms with E-state index in [1.165, 1.54) is 63.0 Å². The molecule has 0 radical (unpaired) electrons. The van der Waals surface area contributed by atoms with Gasteiger partial charge in [0.2, 0.25) is 0 Å². The first-order valence-corrected chi connectivity index (χ1v) is 11.4. The number of hydrogen-bond donors (Lipinski definition) is 1. The summed E-state index contributed by atoms with van der Waals surface area (Å²) in [6.45, 7) is 2.23. The Morgan fingerprint density at radius 2 is 1.41 bits per heavy atom. The van der Waals surface area contributed by atoms with Crippen molar-refractivity contribution in [3.05, 3.63) is 48.0 Å². The summed E-state index contributed by atoms with van der Waals surface area (Å²) >= 11 is 0. The van der Waals surface area contributed by atoms with Crippen LogP contribution in [-0.2, 0) is 16.5 Å². The third-order valence-corrected chi connectivity index (χ3v) is 5.56. The molecule has 0 saturated carbocycles. The summed E-state index contributed by atoms with van der Waals surface area (Å²) in [5.74, 6) is -0.00165. The fraction of sp³-hybridized carbons (Fsp3) is 0.455. The molecule has 0 fully saturated rings. The van der Waals surface area contributed by atoms with Gasteiger partial charge in [0.25, 0.3) is 10.1 Å². The van der Waals surface area contributed by atoms with E-state index in [9.17, 15) is 13.5 Å². The summed E-state index contributed by atoms with van der Waals surface area (Å²) in [5.41, 5.74) is 1.24. The van der Waals surface area contributed by atoms with E-state index in [4.69, 9.17) is 9.29 Å². The Morgan fingerprint density at radius 3 is 1.97 bits per heavy atom. The monoisotopic (exact) mass is 428 g/mol. The summed E-state index contributed by atoms with van der Waals surface area (Å²) < 4.78 is 36.7. The molecule has 2 aromatic carbocycles. The topological polar surface area (TPSA) is 86.7 Å². The van der Waals surface area contributed by atoms with Gasteiger partial charge in [-0.1, -0.05) is 69.8 Å². The summed E-state index contributed by atoms with van der Waals surface area (Å²) in [5, 5.41) is 11.8. The zero-order valence-corrected chi connectivity index (χ0v) is 20.2. The van der Waals surface area contributed by atoms with Gasteiger partial charge < -0.3 is 9.84 Å². The largest absolute Gasteiger partial charge is 1.00 e. The van der Waals surface area contributed by atoms with Gasteiger partial charge in [0.05, 0.1) is 4.90 Å². The average Bonchev–Trinajstić information content (AvgIpc) is 2.64. The number of hydrogen-bond acceptors (Lipinski definition) is 4. The van der Waals surface area contributed by atoms with Crippen molar-refractivity contribution in [2.24, 2.45) is 0 Å². The molecule has 0 atom stereocenters. The molecule has 2 rings (SSSR count). The molecule has 7 heteroatoms. The summed E-state index contributed by atoms with van der Waals surface area (Å²) in [4.78, 5) is -0.652. The maximum atomic E-state index is 11.8. The molecular formula is C22H29NaO5S. The van der Waals surface area contributed by atoms with Crippen LogP contribution in [0, 0.1) is 0 Å². The van der Waals surface area contributed by atoms with Crippen molar-refractivity contribution in [2.45, 2.75) is 69.6 Å². The molecule has 154 valence electrons. The minimum absolute atomic E-state index is 0. The predicted molar refractivity (Wildman–Crippen MR) is 109 cm³/mol. The van der Waals surface area contributed by atoms with Crippen molar-refractivity contribution in [1.29, 1.82) is 0 Å². The number of aryl methyl sites for hydroxylation is 1. The van der Waals surface area contributed by atoms with Crippen LogP contribution in [0.3, 0.4) is 0 Å². The molecule has 0 spiro atoms. The van der Waals surface area contributed by atoms with E-state index < -0.39 is 20.8 Å². The standard InChI is InChI=1S/C22H30O5S.Na/c1-2-3-4-5-6-7-8-9-10-18-11-13-19(14-12-18)27-20-15-16-22(21(23)17-20)28(24,25)26;/h11-17,23H,2-10H2,1H3,(H,24,25,26);/q;+1/p-1. The van der Waals surface area contributed by atoms with Gasteiger partial charge in [0.1, 0.15) is 11.5 Å². The van der Waals surface area contributed by atoms with Gasteiger partial charge in [-0.2, -0.15) is 8.42 Å². The fourth-order valence-electron chi connectivity index (χ4n) is 3.09. The van der Waals surface area contributed by atoms with Crippen molar-refractivity contribution in [1.82, 2.24) is 0 Å². The Balaban J connectivity index is 0.00000420. The zero-order chi connectivity index (χ0) is 20.4. The van der Waals surface area contributed by atoms with E-state index in [2.05, 4.69) is 6.92 Å². The van der Waals surface area contributed by atoms with E-state index in [1.807, 2.05) is 24.3 Å². The second-order valence-electron chi connectivity index (χ2n) is 7.05. The first-order valence-electron chi connectivity index (χ1n) is 9.95. The summed E-state index contributed by atoms with van der Waals surface area (Å²) in [7, 11) is -4.52. The van der Waals surface area contributed by atoms with Crippen molar-refractivity contribution in [3.63, 3.8) is 0 Å². The maximum Gasteiger partial charge on any atom is 1.00 e. The molecule has 0 unspecified atom stereocenters. The minimum atomic E-state index is -4.52. The van der Waals surface area contributed by atoms with Gasteiger partial charge in [-0.25, -0.2) is 0 Å². The number of benzene rings is 2. The van der Waals surface area contributed by atoms with Crippen LogP contribution in [0.1, 0.15) is 63.9 Å². The van der Waals surface area contributed by atoms with Crippen LogP contribution >= 0.6 is 0 Å². The smallest absolute Gasteiger partial charge is 0.871 e. The van der Waals surface area contributed by atoms with Crippen LogP contribution in [0.25, 0.3) is 0 Å². The number of ether oxygens (including phenoxy) is 1. The van der Waals surface area contributed by atoms with Crippen LogP contribution in [-0.4, -0.2) is 13.0 Å². The van der Waals surface area contributed by atoms with E-state index in [0.717, 1.165) is 18.6 Å². The van der Waals surface area contributed by atoms with Gasteiger partial charge in [-0.05, 0) is 48.7 Å². The predicted octanol–water partition coefficient (Wildman–Crippen LogP) is 2.49. The number of unbranched alkanes of at least 4 members (excludes halogenated alkanes) is 7. The van der Waals surface area contributed by atoms with Gasteiger partial charge in [0.15, 0.2) is 0 Å². The van der Waals surface area contributed by atoms with Crippen LogP contribution in [0.15, 0.2) is 47.4 Å². The Bertz CT molecular complexity index is 835.